The first-order valence-corrected chi connectivity index (χ1v) is 6.74. The van der Waals surface area contributed by atoms with Gasteiger partial charge in [0.15, 0.2) is 0 Å². The van der Waals surface area contributed by atoms with Crippen LogP contribution in [0.2, 0.25) is 0 Å². The zero-order valence-corrected chi connectivity index (χ0v) is 11.7. The maximum absolute atomic E-state index is 11.1. The van der Waals surface area contributed by atoms with E-state index in [0.29, 0.717) is 12.1 Å². The number of anilines is 1. The van der Waals surface area contributed by atoms with Crippen molar-refractivity contribution in [1.29, 1.82) is 0 Å². The smallest absolute Gasteiger partial charge is 0.248 e. The number of primary amides is 1. The summed E-state index contributed by atoms with van der Waals surface area (Å²) in [5, 5.41) is 4.47. The summed E-state index contributed by atoms with van der Waals surface area (Å²) < 4.78 is 5.52. The van der Waals surface area contributed by atoms with Crippen LogP contribution in [0.4, 0.5) is 5.69 Å². The van der Waals surface area contributed by atoms with Gasteiger partial charge < -0.3 is 15.5 Å². The Bertz CT molecular complexity index is 805. The summed E-state index contributed by atoms with van der Waals surface area (Å²) >= 11 is 0. The number of fused-ring (bicyclic) bond motifs is 1. The van der Waals surface area contributed by atoms with E-state index < -0.39 is 5.91 Å². The number of carbonyl (C=O) groups excluding carboxylic acids is 1. The highest BCUT2D eigenvalue weighted by atomic mass is 16.3. The van der Waals surface area contributed by atoms with E-state index in [-0.39, 0.29) is 0 Å². The molecule has 1 aromatic heterocycles. The van der Waals surface area contributed by atoms with Crippen LogP contribution in [0.1, 0.15) is 21.5 Å². The predicted molar refractivity (Wildman–Crippen MR) is 83.2 cm³/mol. The Balaban J connectivity index is 1.80. The lowest BCUT2D eigenvalue weighted by atomic mass is 10.1. The van der Waals surface area contributed by atoms with E-state index in [2.05, 4.69) is 5.32 Å². The van der Waals surface area contributed by atoms with Crippen molar-refractivity contribution in [3.8, 4) is 0 Å². The van der Waals surface area contributed by atoms with Crippen molar-refractivity contribution in [1.82, 2.24) is 0 Å². The van der Waals surface area contributed by atoms with Crippen molar-refractivity contribution in [3.05, 3.63) is 65.4 Å². The van der Waals surface area contributed by atoms with E-state index in [9.17, 15) is 4.79 Å². The highest BCUT2D eigenvalue weighted by Crippen LogP contribution is 2.23. The van der Waals surface area contributed by atoms with Crippen LogP contribution >= 0.6 is 0 Å². The molecule has 0 aliphatic rings. The van der Waals surface area contributed by atoms with Gasteiger partial charge in [-0.05, 0) is 36.8 Å². The van der Waals surface area contributed by atoms with Crippen LogP contribution in [0.3, 0.4) is 0 Å². The lowest BCUT2D eigenvalue weighted by molar-refractivity contribution is 0.1000. The van der Waals surface area contributed by atoms with Crippen LogP contribution < -0.4 is 11.1 Å². The van der Waals surface area contributed by atoms with Crippen molar-refractivity contribution >= 4 is 22.6 Å². The molecule has 0 aliphatic carbocycles. The highest BCUT2D eigenvalue weighted by Gasteiger charge is 2.07. The Kier molecular flexibility index (Phi) is 3.36. The minimum Gasteiger partial charge on any atom is -0.464 e. The van der Waals surface area contributed by atoms with Crippen molar-refractivity contribution in [2.45, 2.75) is 13.5 Å². The number of para-hydroxylation sites is 1. The van der Waals surface area contributed by atoms with Gasteiger partial charge in [0.1, 0.15) is 5.58 Å². The standard InChI is InChI=1S/C17H16N2O2/c1-11-8-12(17(18)20)6-7-15(11)19-9-13-10-21-16-5-3-2-4-14(13)16/h2-8,10,19H,9H2,1H3,(H2,18,20). The normalized spacial score (nSPS) is 10.7. The monoisotopic (exact) mass is 280 g/mol. The number of hydrogen-bond acceptors (Lipinski definition) is 3. The number of amides is 1. The molecular weight excluding hydrogens is 264 g/mol. The number of furan rings is 1. The average Bonchev–Trinajstić information content (AvgIpc) is 2.89. The molecule has 0 unspecified atom stereocenters. The van der Waals surface area contributed by atoms with E-state index in [1.54, 1.807) is 18.4 Å². The van der Waals surface area contributed by atoms with Crippen molar-refractivity contribution in [3.63, 3.8) is 0 Å². The van der Waals surface area contributed by atoms with Gasteiger partial charge in [0.05, 0.1) is 6.26 Å². The Morgan fingerprint density at radius 3 is 2.81 bits per heavy atom. The lowest BCUT2D eigenvalue weighted by Gasteiger charge is -2.09. The fourth-order valence-corrected chi connectivity index (χ4v) is 2.38. The molecule has 1 amide bonds. The summed E-state index contributed by atoms with van der Waals surface area (Å²) in [6.07, 6.45) is 1.77. The topological polar surface area (TPSA) is 68.3 Å². The fraction of sp³-hybridized carbons (Fsp3) is 0.118. The molecule has 0 atom stereocenters. The number of nitrogens with two attached hydrogens (primary N) is 1. The largest absolute Gasteiger partial charge is 0.464 e. The maximum atomic E-state index is 11.1. The molecule has 3 N–H and O–H groups in total. The molecule has 0 spiro atoms. The van der Waals surface area contributed by atoms with Crippen LogP contribution in [-0.4, -0.2) is 5.91 Å². The Labute approximate surface area is 122 Å². The Hall–Kier alpha value is -2.75. The third kappa shape index (κ3) is 2.60. The molecule has 0 saturated carbocycles. The molecule has 0 radical (unpaired) electrons. The lowest BCUT2D eigenvalue weighted by Crippen LogP contribution is -2.11. The third-order valence-corrected chi connectivity index (χ3v) is 3.54. The van der Waals surface area contributed by atoms with Crippen LogP contribution in [0.25, 0.3) is 11.0 Å². The quantitative estimate of drug-likeness (QED) is 0.769. The number of nitrogens with one attached hydrogen (secondary N) is 1. The number of aryl methyl sites for hydroxylation is 1. The average molecular weight is 280 g/mol. The Morgan fingerprint density at radius 2 is 2.05 bits per heavy atom. The van der Waals surface area contributed by atoms with Crippen molar-refractivity contribution in [2.75, 3.05) is 5.32 Å². The molecule has 4 heteroatoms. The predicted octanol–water partition coefficient (Wildman–Crippen LogP) is 3.45. The molecule has 0 saturated heterocycles. The van der Waals surface area contributed by atoms with Gasteiger partial charge in [0.25, 0.3) is 0 Å². The summed E-state index contributed by atoms with van der Waals surface area (Å²) in [6.45, 7) is 2.61. The minimum atomic E-state index is -0.412. The number of carbonyl (C=O) groups is 1. The zero-order chi connectivity index (χ0) is 14.8. The second-order valence-corrected chi connectivity index (χ2v) is 5.00. The minimum absolute atomic E-state index is 0.412. The first-order valence-electron chi connectivity index (χ1n) is 6.74. The molecule has 106 valence electrons. The van der Waals surface area contributed by atoms with E-state index >= 15 is 0 Å². The second-order valence-electron chi connectivity index (χ2n) is 5.00. The summed E-state index contributed by atoms with van der Waals surface area (Å²) in [6, 6.07) is 13.3. The van der Waals surface area contributed by atoms with Crippen LogP contribution in [0.15, 0.2) is 53.1 Å². The third-order valence-electron chi connectivity index (χ3n) is 3.54. The summed E-state index contributed by atoms with van der Waals surface area (Å²) in [7, 11) is 0. The van der Waals surface area contributed by atoms with Gasteiger partial charge in [-0.2, -0.15) is 0 Å². The van der Waals surface area contributed by atoms with E-state index in [4.69, 9.17) is 10.2 Å². The van der Waals surface area contributed by atoms with E-state index in [1.165, 1.54) is 0 Å². The first-order chi connectivity index (χ1) is 10.1. The molecule has 4 nitrogen and oxygen atoms in total. The molecule has 0 fully saturated rings. The van der Waals surface area contributed by atoms with Gasteiger partial charge in [0.2, 0.25) is 5.91 Å². The summed E-state index contributed by atoms with van der Waals surface area (Å²) in [5.74, 6) is -0.412. The molecule has 3 aromatic rings. The molecule has 0 bridgehead atoms. The molecule has 21 heavy (non-hydrogen) atoms. The maximum Gasteiger partial charge on any atom is 0.248 e. The van der Waals surface area contributed by atoms with Gasteiger partial charge in [0, 0.05) is 28.7 Å². The zero-order valence-electron chi connectivity index (χ0n) is 11.7. The van der Waals surface area contributed by atoms with Crippen LogP contribution in [0, 0.1) is 6.92 Å². The van der Waals surface area contributed by atoms with Crippen LogP contribution in [0.5, 0.6) is 0 Å². The van der Waals surface area contributed by atoms with E-state index in [1.807, 2.05) is 37.3 Å². The fourth-order valence-electron chi connectivity index (χ4n) is 2.38. The highest BCUT2D eigenvalue weighted by molar-refractivity contribution is 5.93. The van der Waals surface area contributed by atoms with Gasteiger partial charge >= 0.3 is 0 Å². The molecule has 2 aromatic carbocycles. The number of benzene rings is 2. The van der Waals surface area contributed by atoms with Crippen LogP contribution in [-0.2, 0) is 6.54 Å². The SMILES string of the molecule is Cc1cc(C(N)=O)ccc1NCc1coc2ccccc12. The number of hydrogen-bond donors (Lipinski definition) is 2. The number of rotatable bonds is 4. The molecular formula is C17H16N2O2. The molecule has 1 heterocycles. The van der Waals surface area contributed by atoms with Gasteiger partial charge in [-0.25, -0.2) is 0 Å². The molecule has 0 aliphatic heterocycles. The van der Waals surface area contributed by atoms with E-state index in [0.717, 1.165) is 27.8 Å². The second kappa shape index (κ2) is 5.32. The summed E-state index contributed by atoms with van der Waals surface area (Å²) in [5.41, 5.74) is 9.74. The van der Waals surface area contributed by atoms with Gasteiger partial charge in [-0.3, -0.25) is 4.79 Å². The van der Waals surface area contributed by atoms with Crippen molar-refractivity contribution in [2.24, 2.45) is 5.73 Å². The van der Waals surface area contributed by atoms with Gasteiger partial charge in [-0.1, -0.05) is 18.2 Å². The Morgan fingerprint density at radius 1 is 1.24 bits per heavy atom. The first kappa shape index (κ1) is 13.2. The summed E-state index contributed by atoms with van der Waals surface area (Å²) in [4.78, 5) is 11.1. The van der Waals surface area contributed by atoms with Crippen molar-refractivity contribution < 1.29 is 9.21 Å². The van der Waals surface area contributed by atoms with Gasteiger partial charge in [-0.15, -0.1) is 0 Å². The molecule has 3 rings (SSSR count).